The second-order valence-electron chi connectivity index (χ2n) is 4.30. The van der Waals surface area contributed by atoms with Gasteiger partial charge in [-0.15, -0.1) is 10.2 Å². The minimum Gasteiger partial charge on any atom is -0.478 e. The third kappa shape index (κ3) is 2.85. The predicted molar refractivity (Wildman–Crippen MR) is 79.8 cm³/mol. The highest BCUT2D eigenvalue weighted by atomic mass is 79.9. The van der Waals surface area contributed by atoms with Crippen LogP contribution in [-0.2, 0) is 0 Å². The number of carboxylic acid groups (broad SMARTS) is 1. The lowest BCUT2D eigenvalue weighted by Crippen LogP contribution is -1.94. The number of aromatic nitrogens is 2. The number of nitrogens with zero attached hydrogens (tertiary/aromatic N) is 2. The quantitative estimate of drug-likeness (QED) is 0.780. The Kier molecular flexibility index (Phi) is 3.53. The summed E-state index contributed by atoms with van der Waals surface area (Å²) in [4.78, 5) is 10.8. The lowest BCUT2D eigenvalue weighted by molar-refractivity contribution is 0.0697. The van der Waals surface area contributed by atoms with E-state index >= 15 is 0 Å². The molecular formula is C15H9BrN2O3. The maximum absolute atomic E-state index is 10.8. The predicted octanol–water partition coefficient (Wildman–Crippen LogP) is 3.86. The molecule has 0 radical (unpaired) electrons. The summed E-state index contributed by atoms with van der Waals surface area (Å²) < 4.78 is 6.58. The molecule has 0 amide bonds. The summed E-state index contributed by atoms with van der Waals surface area (Å²) in [7, 11) is 0. The Morgan fingerprint density at radius 3 is 1.86 bits per heavy atom. The van der Waals surface area contributed by atoms with Crippen molar-refractivity contribution in [2.45, 2.75) is 0 Å². The normalized spacial score (nSPS) is 10.5. The molecule has 1 heterocycles. The molecule has 6 heteroatoms. The van der Waals surface area contributed by atoms with E-state index in [0.29, 0.717) is 17.3 Å². The van der Waals surface area contributed by atoms with E-state index < -0.39 is 5.97 Å². The van der Waals surface area contributed by atoms with Crippen molar-refractivity contribution in [3.63, 3.8) is 0 Å². The fraction of sp³-hybridized carbons (Fsp3) is 0. The number of rotatable bonds is 3. The van der Waals surface area contributed by atoms with Crippen molar-refractivity contribution in [3.05, 3.63) is 58.6 Å². The molecule has 0 aliphatic rings. The van der Waals surface area contributed by atoms with Gasteiger partial charge in [0.15, 0.2) is 0 Å². The van der Waals surface area contributed by atoms with Crippen LogP contribution in [0, 0.1) is 0 Å². The molecule has 3 rings (SSSR count). The number of aromatic carboxylic acids is 1. The lowest BCUT2D eigenvalue weighted by atomic mass is 10.1. The second kappa shape index (κ2) is 5.49. The van der Waals surface area contributed by atoms with Gasteiger partial charge in [0.25, 0.3) is 0 Å². The van der Waals surface area contributed by atoms with Crippen LogP contribution in [0.3, 0.4) is 0 Å². The molecule has 21 heavy (non-hydrogen) atoms. The van der Waals surface area contributed by atoms with Crippen LogP contribution in [0.4, 0.5) is 0 Å². The molecule has 0 aliphatic heterocycles. The van der Waals surface area contributed by atoms with E-state index in [1.54, 1.807) is 12.1 Å². The average molecular weight is 345 g/mol. The first-order valence-electron chi connectivity index (χ1n) is 6.06. The second-order valence-corrected chi connectivity index (χ2v) is 5.22. The Balaban J connectivity index is 1.90. The van der Waals surface area contributed by atoms with Crippen LogP contribution in [0.2, 0.25) is 0 Å². The van der Waals surface area contributed by atoms with Gasteiger partial charge >= 0.3 is 5.97 Å². The lowest BCUT2D eigenvalue weighted by Gasteiger charge is -1.97. The van der Waals surface area contributed by atoms with Crippen LogP contribution < -0.4 is 0 Å². The number of halogens is 1. The smallest absolute Gasteiger partial charge is 0.335 e. The minimum atomic E-state index is -0.970. The maximum atomic E-state index is 10.8. The van der Waals surface area contributed by atoms with Gasteiger partial charge < -0.3 is 9.52 Å². The summed E-state index contributed by atoms with van der Waals surface area (Å²) in [6, 6.07) is 13.8. The molecule has 5 nitrogen and oxygen atoms in total. The molecule has 0 bridgehead atoms. The van der Waals surface area contributed by atoms with E-state index in [9.17, 15) is 4.79 Å². The van der Waals surface area contributed by atoms with Gasteiger partial charge in [0.2, 0.25) is 11.8 Å². The van der Waals surface area contributed by atoms with Gasteiger partial charge in [-0.3, -0.25) is 0 Å². The Hall–Kier alpha value is -2.47. The molecule has 0 fully saturated rings. The fourth-order valence-corrected chi connectivity index (χ4v) is 2.07. The van der Waals surface area contributed by atoms with Crippen molar-refractivity contribution in [2.75, 3.05) is 0 Å². The SMILES string of the molecule is O=C(O)c1ccc(-c2nnc(-c3ccc(Br)cc3)o2)cc1. The summed E-state index contributed by atoms with van der Waals surface area (Å²) in [5.41, 5.74) is 1.71. The molecule has 0 saturated heterocycles. The van der Waals surface area contributed by atoms with E-state index in [4.69, 9.17) is 9.52 Å². The average Bonchev–Trinajstić information content (AvgIpc) is 2.98. The zero-order chi connectivity index (χ0) is 14.8. The van der Waals surface area contributed by atoms with Crippen molar-refractivity contribution in [1.29, 1.82) is 0 Å². The number of carbonyl (C=O) groups is 1. The van der Waals surface area contributed by atoms with Crippen molar-refractivity contribution in [1.82, 2.24) is 10.2 Å². The molecule has 3 aromatic rings. The van der Waals surface area contributed by atoms with E-state index in [2.05, 4.69) is 26.1 Å². The van der Waals surface area contributed by atoms with E-state index in [1.165, 1.54) is 12.1 Å². The third-order valence-corrected chi connectivity index (χ3v) is 3.42. The zero-order valence-electron chi connectivity index (χ0n) is 10.7. The zero-order valence-corrected chi connectivity index (χ0v) is 12.2. The molecule has 2 aromatic carbocycles. The van der Waals surface area contributed by atoms with Crippen LogP contribution >= 0.6 is 15.9 Å². The summed E-state index contributed by atoms with van der Waals surface area (Å²) in [6.07, 6.45) is 0. The van der Waals surface area contributed by atoms with E-state index in [-0.39, 0.29) is 5.56 Å². The van der Waals surface area contributed by atoms with E-state index in [0.717, 1.165) is 10.0 Å². The number of carboxylic acids is 1. The highest BCUT2D eigenvalue weighted by molar-refractivity contribution is 9.10. The Morgan fingerprint density at radius 2 is 1.38 bits per heavy atom. The van der Waals surface area contributed by atoms with E-state index in [1.807, 2.05) is 24.3 Å². The topological polar surface area (TPSA) is 76.2 Å². The molecule has 0 saturated carbocycles. The molecule has 0 atom stereocenters. The van der Waals surface area contributed by atoms with Crippen molar-refractivity contribution >= 4 is 21.9 Å². The van der Waals surface area contributed by atoms with Crippen LogP contribution in [0.5, 0.6) is 0 Å². The summed E-state index contributed by atoms with van der Waals surface area (Å²) >= 11 is 3.36. The van der Waals surface area contributed by atoms with Crippen LogP contribution in [0.15, 0.2) is 57.4 Å². The Morgan fingerprint density at radius 1 is 0.905 bits per heavy atom. The molecular weight excluding hydrogens is 336 g/mol. The summed E-state index contributed by atoms with van der Waals surface area (Å²) in [5.74, 6) is -0.202. The maximum Gasteiger partial charge on any atom is 0.335 e. The van der Waals surface area contributed by atoms with Crippen LogP contribution in [0.1, 0.15) is 10.4 Å². The van der Waals surface area contributed by atoms with Crippen molar-refractivity contribution < 1.29 is 14.3 Å². The minimum absolute atomic E-state index is 0.214. The van der Waals surface area contributed by atoms with Gasteiger partial charge in [0.05, 0.1) is 5.56 Å². The molecule has 104 valence electrons. The van der Waals surface area contributed by atoms with Gasteiger partial charge in [-0.25, -0.2) is 4.79 Å². The first kappa shape index (κ1) is 13.5. The number of hydrogen-bond donors (Lipinski definition) is 1. The van der Waals surface area contributed by atoms with Crippen molar-refractivity contribution in [3.8, 4) is 22.9 Å². The van der Waals surface area contributed by atoms with Gasteiger partial charge in [-0.05, 0) is 48.5 Å². The van der Waals surface area contributed by atoms with Gasteiger partial charge in [-0.1, -0.05) is 15.9 Å². The molecule has 0 unspecified atom stereocenters. The molecule has 0 spiro atoms. The third-order valence-electron chi connectivity index (χ3n) is 2.89. The van der Waals surface area contributed by atoms with Gasteiger partial charge in [0, 0.05) is 15.6 Å². The number of benzene rings is 2. The fourth-order valence-electron chi connectivity index (χ4n) is 1.80. The Bertz CT molecular complexity index is 779. The van der Waals surface area contributed by atoms with Gasteiger partial charge in [-0.2, -0.15) is 0 Å². The monoisotopic (exact) mass is 344 g/mol. The van der Waals surface area contributed by atoms with Crippen LogP contribution in [-0.4, -0.2) is 21.3 Å². The van der Waals surface area contributed by atoms with Crippen molar-refractivity contribution in [2.24, 2.45) is 0 Å². The molecule has 1 N–H and O–H groups in total. The summed E-state index contributed by atoms with van der Waals surface area (Å²) in [6.45, 7) is 0. The van der Waals surface area contributed by atoms with Crippen LogP contribution in [0.25, 0.3) is 22.9 Å². The molecule has 0 aliphatic carbocycles. The number of hydrogen-bond acceptors (Lipinski definition) is 4. The highest BCUT2D eigenvalue weighted by Crippen LogP contribution is 2.25. The van der Waals surface area contributed by atoms with Gasteiger partial charge in [0.1, 0.15) is 0 Å². The standard InChI is InChI=1S/C15H9BrN2O3/c16-12-7-5-10(6-8-12)14-18-17-13(21-14)9-1-3-11(4-2-9)15(19)20/h1-8H,(H,19,20). The largest absolute Gasteiger partial charge is 0.478 e. The first-order chi connectivity index (χ1) is 10.1. The first-order valence-corrected chi connectivity index (χ1v) is 6.86. The highest BCUT2D eigenvalue weighted by Gasteiger charge is 2.11. The Labute approximate surface area is 128 Å². The summed E-state index contributed by atoms with van der Waals surface area (Å²) in [5, 5.41) is 16.9. The molecule has 1 aromatic heterocycles.